The molecule has 1 amide bonds. The summed E-state index contributed by atoms with van der Waals surface area (Å²) in [7, 11) is 0. The van der Waals surface area contributed by atoms with Gasteiger partial charge in [0, 0.05) is 12.2 Å². The minimum absolute atomic E-state index is 0.187. The molecule has 3 aromatic carbocycles. The Morgan fingerprint density at radius 3 is 2.47 bits per heavy atom. The zero-order valence-corrected chi connectivity index (χ0v) is 19.2. The second kappa shape index (κ2) is 10.3. The number of nitrogens with zero attached hydrogens (tertiary/aromatic N) is 4. The normalized spacial score (nSPS) is 11.7. The van der Waals surface area contributed by atoms with Gasteiger partial charge >= 0.3 is 0 Å². The van der Waals surface area contributed by atoms with Gasteiger partial charge in [-0.3, -0.25) is 14.2 Å². The molecule has 1 atom stereocenters. The topological polar surface area (TPSA) is 79.0 Å². The van der Waals surface area contributed by atoms with Gasteiger partial charge in [0.2, 0.25) is 5.91 Å². The number of halogens is 1. The Bertz CT molecular complexity index is 1420. The minimum Gasteiger partial charge on any atom is -0.310 e. The number of para-hydroxylation sites is 2. The van der Waals surface area contributed by atoms with Crippen molar-refractivity contribution in [1.82, 2.24) is 9.55 Å². The first-order valence-corrected chi connectivity index (χ1v) is 11.6. The Balaban J connectivity index is 1.75. The first kappa shape index (κ1) is 23.2. The SMILES string of the molecule is CC(Sc1nc2ccccc2c(=O)n1-c1ccc(F)cc1)C(=O)N(CCC#N)c1ccccc1. The van der Waals surface area contributed by atoms with Crippen LogP contribution in [-0.2, 0) is 4.79 Å². The number of anilines is 1. The van der Waals surface area contributed by atoms with Crippen LogP contribution in [0.25, 0.3) is 16.6 Å². The first-order valence-electron chi connectivity index (χ1n) is 10.7. The molecule has 0 radical (unpaired) electrons. The molecule has 4 aromatic rings. The van der Waals surface area contributed by atoms with Crippen molar-refractivity contribution in [1.29, 1.82) is 5.26 Å². The molecule has 0 saturated heterocycles. The average molecular weight is 473 g/mol. The van der Waals surface area contributed by atoms with Gasteiger partial charge in [0.05, 0.1) is 34.3 Å². The molecule has 0 aliphatic heterocycles. The Morgan fingerprint density at radius 1 is 1.09 bits per heavy atom. The van der Waals surface area contributed by atoms with Crippen LogP contribution >= 0.6 is 11.8 Å². The van der Waals surface area contributed by atoms with Crippen LogP contribution in [0, 0.1) is 17.1 Å². The van der Waals surface area contributed by atoms with Gasteiger partial charge in [-0.25, -0.2) is 9.37 Å². The van der Waals surface area contributed by atoms with E-state index >= 15 is 0 Å². The lowest BCUT2D eigenvalue weighted by atomic mass is 10.2. The summed E-state index contributed by atoms with van der Waals surface area (Å²) in [5.74, 6) is -0.626. The van der Waals surface area contributed by atoms with Crippen LogP contribution in [-0.4, -0.2) is 27.3 Å². The number of aromatic nitrogens is 2. The highest BCUT2D eigenvalue weighted by Gasteiger charge is 2.25. The predicted molar refractivity (Wildman–Crippen MR) is 132 cm³/mol. The van der Waals surface area contributed by atoms with Crippen molar-refractivity contribution in [2.45, 2.75) is 23.8 Å². The molecule has 6 nitrogen and oxygen atoms in total. The number of thioether (sulfide) groups is 1. The summed E-state index contributed by atoms with van der Waals surface area (Å²) < 4.78 is 14.9. The summed E-state index contributed by atoms with van der Waals surface area (Å²) in [5.41, 5.74) is 1.36. The van der Waals surface area contributed by atoms with Crippen molar-refractivity contribution < 1.29 is 9.18 Å². The molecular formula is C26H21FN4O2S. The maximum atomic E-state index is 13.5. The number of carbonyl (C=O) groups excluding carboxylic acids is 1. The number of fused-ring (bicyclic) bond motifs is 1. The monoisotopic (exact) mass is 472 g/mol. The Labute approximate surface area is 200 Å². The third-order valence-corrected chi connectivity index (χ3v) is 6.28. The molecule has 1 heterocycles. The second-order valence-electron chi connectivity index (χ2n) is 7.52. The number of amides is 1. The van der Waals surface area contributed by atoms with E-state index in [0.717, 1.165) is 11.8 Å². The van der Waals surface area contributed by atoms with Crippen LogP contribution in [0.1, 0.15) is 13.3 Å². The van der Waals surface area contributed by atoms with Gasteiger partial charge < -0.3 is 4.90 Å². The molecule has 34 heavy (non-hydrogen) atoms. The fourth-order valence-corrected chi connectivity index (χ4v) is 4.56. The van der Waals surface area contributed by atoms with Gasteiger partial charge in [0.25, 0.3) is 5.56 Å². The smallest absolute Gasteiger partial charge is 0.266 e. The van der Waals surface area contributed by atoms with Gasteiger partial charge in [-0.05, 0) is 55.5 Å². The van der Waals surface area contributed by atoms with Gasteiger partial charge in [-0.1, -0.05) is 42.1 Å². The number of rotatable bonds is 7. The summed E-state index contributed by atoms with van der Waals surface area (Å²) in [6, 6.07) is 23.8. The Hall–Kier alpha value is -3.96. The van der Waals surface area contributed by atoms with Crippen LogP contribution in [0.4, 0.5) is 10.1 Å². The molecule has 0 aliphatic carbocycles. The maximum Gasteiger partial charge on any atom is 0.266 e. The minimum atomic E-state index is -0.612. The molecule has 0 bridgehead atoms. The molecule has 170 valence electrons. The fourth-order valence-electron chi connectivity index (χ4n) is 3.57. The summed E-state index contributed by atoms with van der Waals surface area (Å²) in [6.07, 6.45) is 0.187. The van der Waals surface area contributed by atoms with Crippen molar-refractivity contribution >= 4 is 34.3 Å². The van der Waals surface area contributed by atoms with Crippen LogP contribution in [0.2, 0.25) is 0 Å². The molecular weight excluding hydrogens is 451 g/mol. The summed E-state index contributed by atoms with van der Waals surface area (Å²) in [4.78, 5) is 33.0. The van der Waals surface area contributed by atoms with Gasteiger partial charge in [-0.15, -0.1) is 0 Å². The zero-order valence-electron chi connectivity index (χ0n) is 18.4. The van der Waals surface area contributed by atoms with E-state index in [1.54, 1.807) is 36.1 Å². The highest BCUT2D eigenvalue weighted by Crippen LogP contribution is 2.28. The molecule has 1 aromatic heterocycles. The van der Waals surface area contributed by atoms with Crippen molar-refractivity contribution in [3.63, 3.8) is 0 Å². The van der Waals surface area contributed by atoms with E-state index < -0.39 is 11.1 Å². The van der Waals surface area contributed by atoms with E-state index in [9.17, 15) is 14.0 Å². The number of nitriles is 1. The second-order valence-corrected chi connectivity index (χ2v) is 8.83. The zero-order chi connectivity index (χ0) is 24.1. The summed E-state index contributed by atoms with van der Waals surface area (Å²) >= 11 is 1.15. The van der Waals surface area contributed by atoms with E-state index in [1.165, 1.54) is 28.8 Å². The first-order chi connectivity index (χ1) is 16.5. The Kier molecular flexibility index (Phi) is 7.04. The third kappa shape index (κ3) is 4.85. The molecule has 1 unspecified atom stereocenters. The highest BCUT2D eigenvalue weighted by molar-refractivity contribution is 8.00. The summed E-state index contributed by atoms with van der Waals surface area (Å²) in [5, 5.41) is 9.20. The summed E-state index contributed by atoms with van der Waals surface area (Å²) in [6.45, 7) is 1.99. The maximum absolute atomic E-state index is 13.5. The highest BCUT2D eigenvalue weighted by atomic mass is 32.2. The molecule has 0 aliphatic rings. The van der Waals surface area contributed by atoms with Crippen LogP contribution in [0.15, 0.2) is 88.8 Å². The van der Waals surface area contributed by atoms with Crippen LogP contribution < -0.4 is 10.5 Å². The molecule has 4 rings (SSSR count). The van der Waals surface area contributed by atoms with Crippen molar-refractivity contribution in [3.8, 4) is 11.8 Å². The lowest BCUT2D eigenvalue weighted by Gasteiger charge is -2.25. The molecule has 0 saturated carbocycles. The number of hydrogen-bond donors (Lipinski definition) is 0. The third-order valence-electron chi connectivity index (χ3n) is 5.24. The average Bonchev–Trinajstić information content (AvgIpc) is 2.86. The lowest BCUT2D eigenvalue weighted by Crippen LogP contribution is -2.37. The van der Waals surface area contributed by atoms with E-state index in [1.807, 2.05) is 30.3 Å². The quantitative estimate of drug-likeness (QED) is 0.281. The predicted octanol–water partition coefficient (Wildman–Crippen LogP) is 4.95. The molecule has 0 N–H and O–H groups in total. The van der Waals surface area contributed by atoms with Crippen molar-refractivity contribution in [2.75, 3.05) is 11.4 Å². The molecule has 8 heteroatoms. The molecule has 0 spiro atoms. The van der Waals surface area contributed by atoms with E-state index in [0.29, 0.717) is 27.4 Å². The largest absolute Gasteiger partial charge is 0.310 e. The standard InChI is InChI=1S/C26H21FN4O2S/c1-18(24(32)30(17-7-16-28)20-8-3-2-4-9-20)34-26-29-23-11-6-5-10-22(23)25(33)31(26)21-14-12-19(27)13-15-21/h2-6,8-15,18H,7,17H2,1H3. The number of carbonyl (C=O) groups is 1. The van der Waals surface area contributed by atoms with Crippen LogP contribution in [0.3, 0.4) is 0 Å². The van der Waals surface area contributed by atoms with E-state index in [2.05, 4.69) is 11.1 Å². The van der Waals surface area contributed by atoms with E-state index in [4.69, 9.17) is 5.26 Å². The van der Waals surface area contributed by atoms with Gasteiger partial charge in [0.15, 0.2) is 5.16 Å². The van der Waals surface area contributed by atoms with E-state index in [-0.39, 0.29) is 24.4 Å². The number of benzene rings is 3. The van der Waals surface area contributed by atoms with Crippen LogP contribution in [0.5, 0.6) is 0 Å². The number of hydrogen-bond acceptors (Lipinski definition) is 5. The van der Waals surface area contributed by atoms with Crippen molar-refractivity contribution in [2.24, 2.45) is 0 Å². The Morgan fingerprint density at radius 2 is 1.76 bits per heavy atom. The molecule has 0 fully saturated rings. The lowest BCUT2D eigenvalue weighted by molar-refractivity contribution is -0.117. The van der Waals surface area contributed by atoms with Crippen molar-refractivity contribution in [3.05, 3.63) is 95.0 Å². The van der Waals surface area contributed by atoms with Gasteiger partial charge in [-0.2, -0.15) is 5.26 Å². The fraction of sp³-hybridized carbons (Fsp3) is 0.154. The van der Waals surface area contributed by atoms with Gasteiger partial charge in [0.1, 0.15) is 5.82 Å².